The molecule has 3 saturated carbocycles. The number of hydroxylamine groups is 2. The van der Waals surface area contributed by atoms with Gasteiger partial charge < -0.3 is 5.11 Å². The second-order valence-electron chi connectivity index (χ2n) is 12.0. The first-order valence-corrected chi connectivity index (χ1v) is 14.8. The maximum Gasteiger partial charge on any atom is 0.226 e. The maximum atomic E-state index is 13.8. The van der Waals surface area contributed by atoms with Crippen LogP contribution in [0.25, 0.3) is 0 Å². The number of carbonyl (C=O) groups is 2. The van der Waals surface area contributed by atoms with Crippen LogP contribution in [0.4, 0.5) is 4.39 Å². The van der Waals surface area contributed by atoms with Crippen LogP contribution in [0.1, 0.15) is 51.3 Å². The van der Waals surface area contributed by atoms with E-state index in [1.807, 2.05) is 22.6 Å². The number of aliphatic hydroxyl groups excluding tert-OH is 1. The summed E-state index contributed by atoms with van der Waals surface area (Å²) < 4.78 is 13.6. The fourth-order valence-corrected chi connectivity index (χ4v) is 10.4. The summed E-state index contributed by atoms with van der Waals surface area (Å²) in [6.45, 7) is 7.67. The standard InChI is InChI=1S/C28H34FNO4S2/c1-25-9-8-19(31)11-17(25)6-7-21-22-12-18-14-30(15-20-5-4-10-35-20)34-28(18,24(33)36-16-29)26(22,2)13-23(32)27(21,25)3/h4-5,8-11,18,21-23,32H,6-7,12-16H2,1-3H3. The van der Waals surface area contributed by atoms with Gasteiger partial charge in [0, 0.05) is 33.6 Å². The molecule has 8 atom stereocenters. The third-order valence-corrected chi connectivity index (χ3v) is 12.4. The van der Waals surface area contributed by atoms with E-state index < -0.39 is 34.0 Å². The number of nitrogens with zero attached hydrogens (tertiary/aromatic N) is 1. The van der Waals surface area contributed by atoms with Gasteiger partial charge in [-0.1, -0.05) is 50.2 Å². The van der Waals surface area contributed by atoms with E-state index in [1.165, 1.54) is 0 Å². The van der Waals surface area contributed by atoms with E-state index in [9.17, 15) is 19.1 Å². The van der Waals surface area contributed by atoms with E-state index >= 15 is 0 Å². The summed E-state index contributed by atoms with van der Waals surface area (Å²) in [6, 6.07) is 3.28. The van der Waals surface area contributed by atoms with Gasteiger partial charge in [-0.3, -0.25) is 14.4 Å². The highest BCUT2D eigenvalue weighted by Crippen LogP contribution is 2.74. The molecule has 1 saturated heterocycles. The zero-order chi connectivity index (χ0) is 25.5. The number of thioether (sulfide) groups is 1. The molecule has 6 rings (SSSR count). The van der Waals surface area contributed by atoms with Crippen LogP contribution in [-0.4, -0.2) is 45.3 Å². The van der Waals surface area contributed by atoms with Crippen molar-refractivity contribution < 1.29 is 23.9 Å². The van der Waals surface area contributed by atoms with Crippen molar-refractivity contribution in [2.24, 2.45) is 34.0 Å². The number of rotatable bonds is 4. The van der Waals surface area contributed by atoms with E-state index in [1.54, 1.807) is 23.5 Å². The number of allylic oxidation sites excluding steroid dienone is 4. The topological polar surface area (TPSA) is 66.8 Å². The predicted octanol–water partition coefficient (Wildman–Crippen LogP) is 5.32. The van der Waals surface area contributed by atoms with Crippen LogP contribution in [0.2, 0.25) is 0 Å². The molecule has 0 spiro atoms. The molecule has 5 aliphatic rings. The molecule has 0 bridgehead atoms. The molecule has 8 unspecified atom stereocenters. The van der Waals surface area contributed by atoms with Crippen molar-refractivity contribution in [2.45, 2.75) is 64.7 Å². The summed E-state index contributed by atoms with van der Waals surface area (Å²) in [5.74, 6) is 0.281. The lowest BCUT2D eigenvalue weighted by molar-refractivity contribution is -0.260. The number of alkyl halides is 1. The van der Waals surface area contributed by atoms with Gasteiger partial charge in [0.2, 0.25) is 5.12 Å². The van der Waals surface area contributed by atoms with E-state index in [0.717, 1.165) is 29.7 Å². The molecule has 0 amide bonds. The third-order valence-electron chi connectivity index (χ3n) is 10.9. The number of hydrogen-bond donors (Lipinski definition) is 1. The van der Waals surface area contributed by atoms with E-state index in [0.29, 0.717) is 31.3 Å². The predicted molar refractivity (Wildman–Crippen MR) is 139 cm³/mol. The molecular weight excluding hydrogens is 497 g/mol. The Balaban J connectivity index is 1.40. The van der Waals surface area contributed by atoms with Crippen LogP contribution < -0.4 is 0 Å². The number of halogens is 1. The Hall–Kier alpha value is -1.32. The van der Waals surface area contributed by atoms with Crippen molar-refractivity contribution in [3.8, 4) is 0 Å². The number of aliphatic hydroxyl groups is 1. The normalized spacial score (nSPS) is 45.6. The molecule has 5 nitrogen and oxygen atoms in total. The van der Waals surface area contributed by atoms with Crippen LogP contribution in [0.3, 0.4) is 0 Å². The molecule has 8 heteroatoms. The van der Waals surface area contributed by atoms with E-state index in [2.05, 4.69) is 26.8 Å². The highest BCUT2D eigenvalue weighted by molar-refractivity contribution is 8.13. The van der Waals surface area contributed by atoms with Gasteiger partial charge in [-0.15, -0.1) is 11.3 Å². The Morgan fingerprint density at radius 2 is 2.14 bits per heavy atom. The molecule has 0 radical (unpaired) electrons. The van der Waals surface area contributed by atoms with Crippen LogP contribution >= 0.6 is 23.1 Å². The van der Waals surface area contributed by atoms with Crippen molar-refractivity contribution in [3.05, 3.63) is 46.2 Å². The third kappa shape index (κ3) is 3.05. The van der Waals surface area contributed by atoms with Gasteiger partial charge in [0.05, 0.1) is 12.6 Å². The quantitative estimate of drug-likeness (QED) is 0.568. The summed E-state index contributed by atoms with van der Waals surface area (Å²) in [5.41, 5.74) is -1.55. The Morgan fingerprint density at radius 3 is 2.86 bits per heavy atom. The Bertz CT molecular complexity index is 1150. The lowest BCUT2D eigenvalue weighted by atomic mass is 9.40. The van der Waals surface area contributed by atoms with Crippen LogP contribution in [0.5, 0.6) is 0 Å². The fourth-order valence-electron chi connectivity index (χ4n) is 8.93. The summed E-state index contributed by atoms with van der Waals surface area (Å²) in [4.78, 5) is 33.8. The zero-order valence-corrected chi connectivity index (χ0v) is 22.7. The highest BCUT2D eigenvalue weighted by Gasteiger charge is 2.77. The first-order valence-electron chi connectivity index (χ1n) is 12.9. The molecule has 194 valence electrons. The SMILES string of the molecule is CC12C=CC(=O)C=C1CCC1C3CC4CN(Cc5cccs5)OC4(C(=O)SCF)C3(C)CC(O)C12C. The summed E-state index contributed by atoms with van der Waals surface area (Å²) in [7, 11) is 0. The van der Waals surface area contributed by atoms with E-state index in [4.69, 9.17) is 4.84 Å². The largest absolute Gasteiger partial charge is 0.392 e. The molecule has 4 fully saturated rings. The van der Waals surface area contributed by atoms with Crippen molar-refractivity contribution in [1.82, 2.24) is 5.06 Å². The van der Waals surface area contributed by atoms with Crippen molar-refractivity contribution in [3.63, 3.8) is 0 Å². The summed E-state index contributed by atoms with van der Waals surface area (Å²) in [5, 5.41) is 15.6. The minimum absolute atomic E-state index is 0.0158. The molecule has 0 aromatic carbocycles. The zero-order valence-electron chi connectivity index (χ0n) is 21.0. The lowest BCUT2D eigenvalue weighted by Gasteiger charge is -2.65. The van der Waals surface area contributed by atoms with Crippen molar-refractivity contribution in [1.29, 1.82) is 0 Å². The molecular formula is C28H34FNO4S2. The fraction of sp³-hybridized carbons (Fsp3) is 0.643. The minimum atomic E-state index is -1.15. The van der Waals surface area contributed by atoms with Gasteiger partial charge in [0.25, 0.3) is 0 Å². The first kappa shape index (κ1) is 25.0. The summed E-state index contributed by atoms with van der Waals surface area (Å²) >= 11 is 2.37. The molecule has 1 aromatic rings. The molecule has 2 heterocycles. The smallest absolute Gasteiger partial charge is 0.226 e. The first-order chi connectivity index (χ1) is 17.1. The minimum Gasteiger partial charge on any atom is -0.392 e. The molecule has 4 aliphatic carbocycles. The van der Waals surface area contributed by atoms with Crippen LogP contribution in [0, 0.1) is 34.0 Å². The second kappa shape index (κ2) is 8.34. The molecule has 1 N–H and O–H groups in total. The van der Waals surface area contributed by atoms with Gasteiger partial charge in [0.15, 0.2) is 11.4 Å². The van der Waals surface area contributed by atoms with Gasteiger partial charge in [0.1, 0.15) is 6.01 Å². The van der Waals surface area contributed by atoms with Crippen LogP contribution in [0.15, 0.2) is 41.3 Å². The Labute approximate surface area is 220 Å². The Kier molecular flexibility index (Phi) is 5.79. The van der Waals surface area contributed by atoms with E-state index in [-0.39, 0.29) is 28.7 Å². The van der Waals surface area contributed by atoms with Crippen molar-refractivity contribution >= 4 is 34.0 Å². The average Bonchev–Trinajstić information content (AvgIpc) is 3.52. The monoisotopic (exact) mass is 531 g/mol. The number of ketones is 1. The van der Waals surface area contributed by atoms with Crippen molar-refractivity contribution in [2.75, 3.05) is 12.6 Å². The molecule has 1 aromatic heterocycles. The molecule has 36 heavy (non-hydrogen) atoms. The Morgan fingerprint density at radius 1 is 1.33 bits per heavy atom. The highest BCUT2D eigenvalue weighted by atomic mass is 32.2. The maximum absolute atomic E-state index is 13.8. The number of hydrogen-bond acceptors (Lipinski definition) is 7. The lowest BCUT2D eigenvalue weighted by Crippen LogP contribution is -2.66. The van der Waals surface area contributed by atoms with Gasteiger partial charge in [-0.2, -0.15) is 5.06 Å². The summed E-state index contributed by atoms with van der Waals surface area (Å²) in [6.07, 6.45) is 7.64. The van der Waals surface area contributed by atoms with Gasteiger partial charge in [-0.05, 0) is 61.1 Å². The van der Waals surface area contributed by atoms with Gasteiger partial charge >= 0.3 is 0 Å². The number of fused-ring (bicyclic) bond motifs is 7. The number of thiophene rings is 1. The second-order valence-corrected chi connectivity index (χ2v) is 13.9. The molecule has 1 aliphatic heterocycles. The average molecular weight is 532 g/mol. The number of carbonyl (C=O) groups excluding carboxylic acids is 2. The van der Waals surface area contributed by atoms with Gasteiger partial charge in [-0.25, -0.2) is 4.39 Å². The van der Waals surface area contributed by atoms with Crippen LogP contribution in [-0.2, 0) is 21.0 Å².